The molecule has 0 radical (unpaired) electrons. The summed E-state index contributed by atoms with van der Waals surface area (Å²) in [7, 11) is 1.54. The molecule has 2 saturated heterocycles. The van der Waals surface area contributed by atoms with Gasteiger partial charge < -0.3 is 9.84 Å². The van der Waals surface area contributed by atoms with Gasteiger partial charge in [0.15, 0.2) is 0 Å². The SMILES string of the molecule is COc1ccc(C23C(=O)N(Nc4ccc(Cl)cc4Cl)C(=O)C2CC2C(=CCC4C(=O)N(c5ccc(C)c(Cl)c5)C(=O)C42)C3c2ccc(O)cc2)cc1. The highest BCUT2D eigenvalue weighted by Gasteiger charge is 2.70. The van der Waals surface area contributed by atoms with Crippen molar-refractivity contribution < 1.29 is 29.0 Å². The van der Waals surface area contributed by atoms with Crippen LogP contribution in [0.15, 0.2) is 96.6 Å². The number of carbonyl (C=O) groups is 4. The second-order valence-electron chi connectivity index (χ2n) is 13.7. The standard InChI is InChI=1S/C40H32Cl3N3O6/c1-20-3-9-24(18-31(20)42)45-36(48)28-15-14-27-29(34(28)38(45)50)19-30-37(49)46(44-33-16-8-23(41)17-32(33)43)39(51)40(30,22-6-12-26(52-2)13-7-22)35(27)21-4-10-25(47)11-5-21/h3-14,16-18,28-30,34-35,44,47H,15,19H2,1-2H3. The molecule has 264 valence electrons. The van der Waals surface area contributed by atoms with Gasteiger partial charge in [-0.15, -0.1) is 0 Å². The van der Waals surface area contributed by atoms with Crippen LogP contribution in [0.4, 0.5) is 11.4 Å². The molecular weight excluding hydrogens is 725 g/mol. The molecule has 4 aromatic rings. The number of carbonyl (C=O) groups excluding carboxylic acids is 4. The van der Waals surface area contributed by atoms with Crippen molar-refractivity contribution in [3.8, 4) is 11.5 Å². The van der Waals surface area contributed by atoms with E-state index >= 15 is 4.79 Å². The highest BCUT2D eigenvalue weighted by atomic mass is 35.5. The lowest BCUT2D eigenvalue weighted by Gasteiger charge is -2.50. The number of imide groups is 2. The summed E-state index contributed by atoms with van der Waals surface area (Å²) in [6.07, 6.45) is 2.36. The van der Waals surface area contributed by atoms with E-state index < -0.39 is 46.8 Å². The Bertz CT molecular complexity index is 2210. The number of amides is 4. The molecule has 0 aromatic heterocycles. The maximum atomic E-state index is 15.3. The summed E-state index contributed by atoms with van der Waals surface area (Å²) in [6, 6.07) is 23.5. The summed E-state index contributed by atoms with van der Waals surface area (Å²) in [5.41, 5.74) is 5.03. The number of phenols is 1. The van der Waals surface area contributed by atoms with E-state index in [0.717, 1.165) is 16.1 Å². The normalized spacial score (nSPS) is 26.6. The zero-order chi connectivity index (χ0) is 36.6. The molecule has 6 atom stereocenters. The van der Waals surface area contributed by atoms with E-state index in [4.69, 9.17) is 39.5 Å². The first-order chi connectivity index (χ1) is 24.9. The molecule has 3 fully saturated rings. The fraction of sp³-hybridized carbons (Fsp3) is 0.250. The zero-order valence-corrected chi connectivity index (χ0v) is 30.2. The Hall–Kier alpha value is -4.83. The molecule has 2 aliphatic heterocycles. The van der Waals surface area contributed by atoms with Gasteiger partial charge in [-0.25, -0.2) is 4.90 Å². The number of fused-ring (bicyclic) bond motifs is 4. The molecule has 2 N–H and O–H groups in total. The fourth-order valence-corrected chi connectivity index (χ4v) is 9.49. The van der Waals surface area contributed by atoms with Crippen molar-refractivity contribution in [3.63, 3.8) is 0 Å². The van der Waals surface area contributed by atoms with Crippen LogP contribution in [0.3, 0.4) is 0 Å². The Kier molecular flexibility index (Phi) is 8.36. The number of hydrazine groups is 1. The molecule has 4 amide bonds. The van der Waals surface area contributed by atoms with E-state index in [1.54, 1.807) is 86.0 Å². The number of hydrogen-bond acceptors (Lipinski definition) is 7. The number of halogens is 3. The first kappa shape index (κ1) is 34.3. The molecule has 52 heavy (non-hydrogen) atoms. The van der Waals surface area contributed by atoms with Crippen LogP contribution in [0.2, 0.25) is 15.1 Å². The number of aryl methyl sites for hydroxylation is 1. The predicted molar refractivity (Wildman–Crippen MR) is 197 cm³/mol. The van der Waals surface area contributed by atoms with Gasteiger partial charge in [-0.2, -0.15) is 5.01 Å². The van der Waals surface area contributed by atoms with Gasteiger partial charge >= 0.3 is 0 Å². The van der Waals surface area contributed by atoms with Crippen molar-refractivity contribution in [2.24, 2.45) is 23.7 Å². The largest absolute Gasteiger partial charge is 0.508 e. The molecule has 2 aliphatic carbocycles. The Balaban J connectivity index is 1.31. The number of nitrogens with one attached hydrogen (secondary N) is 1. The highest BCUT2D eigenvalue weighted by Crippen LogP contribution is 2.64. The number of nitrogens with zero attached hydrogens (tertiary/aromatic N) is 2. The van der Waals surface area contributed by atoms with Crippen molar-refractivity contribution in [1.29, 1.82) is 0 Å². The number of rotatable bonds is 6. The van der Waals surface area contributed by atoms with Crippen molar-refractivity contribution in [2.75, 3.05) is 17.4 Å². The molecule has 0 bridgehead atoms. The lowest BCUT2D eigenvalue weighted by molar-refractivity contribution is -0.138. The topological polar surface area (TPSA) is 116 Å². The number of anilines is 2. The molecule has 0 spiro atoms. The van der Waals surface area contributed by atoms with Gasteiger partial charge in [-0.05, 0) is 97.0 Å². The first-order valence-corrected chi connectivity index (χ1v) is 18.0. The van der Waals surface area contributed by atoms with Gasteiger partial charge in [0.25, 0.3) is 11.8 Å². The molecule has 9 nitrogen and oxygen atoms in total. The molecule has 2 heterocycles. The summed E-state index contributed by atoms with van der Waals surface area (Å²) >= 11 is 19.1. The van der Waals surface area contributed by atoms with Crippen molar-refractivity contribution >= 4 is 69.8 Å². The number of phenolic OH excluding ortho intramolecular Hbond substituents is 1. The van der Waals surface area contributed by atoms with Crippen LogP contribution in [0.1, 0.15) is 35.4 Å². The Morgan fingerprint density at radius 1 is 0.827 bits per heavy atom. The minimum atomic E-state index is -1.50. The average molecular weight is 757 g/mol. The van der Waals surface area contributed by atoms with Crippen molar-refractivity contribution in [1.82, 2.24) is 5.01 Å². The van der Waals surface area contributed by atoms with E-state index in [9.17, 15) is 19.5 Å². The van der Waals surface area contributed by atoms with Crippen LogP contribution in [-0.2, 0) is 24.6 Å². The molecule has 4 aliphatic rings. The monoisotopic (exact) mass is 755 g/mol. The van der Waals surface area contributed by atoms with Crippen LogP contribution in [-0.4, -0.2) is 40.9 Å². The number of aromatic hydroxyl groups is 1. The minimum Gasteiger partial charge on any atom is -0.508 e. The van der Waals surface area contributed by atoms with Gasteiger partial charge in [0.1, 0.15) is 11.5 Å². The third kappa shape index (κ3) is 5.04. The van der Waals surface area contributed by atoms with Gasteiger partial charge in [-0.1, -0.05) is 76.8 Å². The summed E-state index contributed by atoms with van der Waals surface area (Å²) in [5, 5.41) is 12.4. The number of ether oxygens (including phenoxy) is 1. The quantitative estimate of drug-likeness (QED) is 0.152. The first-order valence-electron chi connectivity index (χ1n) is 16.8. The number of allylic oxidation sites excluding steroid dienone is 2. The number of hydrogen-bond donors (Lipinski definition) is 2. The van der Waals surface area contributed by atoms with E-state index in [-0.39, 0.29) is 35.4 Å². The number of benzene rings is 4. The van der Waals surface area contributed by atoms with E-state index in [0.29, 0.717) is 38.3 Å². The van der Waals surface area contributed by atoms with Crippen LogP contribution in [0, 0.1) is 30.6 Å². The summed E-state index contributed by atoms with van der Waals surface area (Å²) in [5.74, 6) is -4.86. The number of methoxy groups -OCH3 is 1. The molecule has 8 rings (SSSR count). The minimum absolute atomic E-state index is 0.0299. The van der Waals surface area contributed by atoms with E-state index in [1.165, 1.54) is 11.0 Å². The van der Waals surface area contributed by atoms with Crippen molar-refractivity contribution in [3.05, 3.63) is 128 Å². The van der Waals surface area contributed by atoms with Crippen LogP contribution in [0.5, 0.6) is 11.5 Å². The zero-order valence-electron chi connectivity index (χ0n) is 28.0. The third-order valence-electron chi connectivity index (χ3n) is 11.2. The Labute approximate surface area is 314 Å². The second-order valence-corrected chi connectivity index (χ2v) is 15.0. The summed E-state index contributed by atoms with van der Waals surface area (Å²) in [6.45, 7) is 1.84. The van der Waals surface area contributed by atoms with Crippen LogP contribution >= 0.6 is 34.8 Å². The molecule has 6 unspecified atom stereocenters. The Morgan fingerprint density at radius 2 is 1.56 bits per heavy atom. The van der Waals surface area contributed by atoms with Gasteiger partial charge in [0.05, 0.1) is 46.7 Å². The molecule has 12 heteroatoms. The van der Waals surface area contributed by atoms with Crippen LogP contribution < -0.4 is 15.1 Å². The molecule has 4 aromatic carbocycles. The van der Waals surface area contributed by atoms with Crippen molar-refractivity contribution in [2.45, 2.75) is 31.1 Å². The van der Waals surface area contributed by atoms with Crippen LogP contribution in [0.25, 0.3) is 0 Å². The second kappa shape index (κ2) is 12.7. The molecular formula is C40H32Cl3N3O6. The maximum Gasteiger partial charge on any atom is 0.260 e. The fourth-order valence-electron chi connectivity index (χ4n) is 8.86. The third-order valence-corrected chi connectivity index (χ3v) is 12.2. The smallest absolute Gasteiger partial charge is 0.260 e. The van der Waals surface area contributed by atoms with E-state index in [2.05, 4.69) is 5.43 Å². The predicted octanol–water partition coefficient (Wildman–Crippen LogP) is 7.86. The molecule has 1 saturated carbocycles. The average Bonchev–Trinajstić information content (AvgIpc) is 3.51. The maximum absolute atomic E-state index is 15.3. The van der Waals surface area contributed by atoms with Gasteiger partial charge in [0.2, 0.25) is 11.8 Å². The van der Waals surface area contributed by atoms with Gasteiger partial charge in [0, 0.05) is 16.0 Å². The van der Waals surface area contributed by atoms with Gasteiger partial charge in [-0.3, -0.25) is 24.6 Å². The lowest BCUT2D eigenvalue weighted by atomic mass is 9.49. The highest BCUT2D eigenvalue weighted by molar-refractivity contribution is 6.36. The Morgan fingerprint density at radius 3 is 2.23 bits per heavy atom. The van der Waals surface area contributed by atoms with E-state index in [1.807, 2.05) is 13.0 Å². The summed E-state index contributed by atoms with van der Waals surface area (Å²) < 4.78 is 5.46. The summed E-state index contributed by atoms with van der Waals surface area (Å²) in [4.78, 5) is 59.9. The lowest BCUT2D eigenvalue weighted by Crippen LogP contribution is -2.53.